The zero-order valence-electron chi connectivity index (χ0n) is 10.1. The first-order valence-corrected chi connectivity index (χ1v) is 6.76. The molecule has 1 atom stereocenters. The van der Waals surface area contributed by atoms with Gasteiger partial charge in [-0.3, -0.25) is 0 Å². The molecule has 1 unspecified atom stereocenters. The third-order valence-corrected chi connectivity index (χ3v) is 4.61. The first-order valence-electron chi connectivity index (χ1n) is 5.98. The molecule has 1 aliphatic heterocycles. The fourth-order valence-corrected chi connectivity index (χ4v) is 3.59. The van der Waals surface area contributed by atoms with Gasteiger partial charge in [-0.1, -0.05) is 12.1 Å². The Morgan fingerprint density at radius 3 is 3.06 bits per heavy atom. The van der Waals surface area contributed by atoms with Crippen LogP contribution in [0, 0.1) is 0 Å². The van der Waals surface area contributed by atoms with Gasteiger partial charge in [0.2, 0.25) is 0 Å². The molecule has 1 N–H and O–H groups in total. The van der Waals surface area contributed by atoms with Crippen molar-refractivity contribution < 1.29 is 9.90 Å². The van der Waals surface area contributed by atoms with E-state index in [1.165, 1.54) is 11.5 Å². The summed E-state index contributed by atoms with van der Waals surface area (Å²) in [5.41, 5.74) is 0.145. The average Bonchev–Trinajstić information content (AvgIpc) is 2.93. The molecule has 1 saturated heterocycles. The van der Waals surface area contributed by atoms with E-state index in [-0.39, 0.29) is 0 Å². The first-order chi connectivity index (χ1) is 8.63. The Morgan fingerprint density at radius 2 is 2.28 bits per heavy atom. The third kappa shape index (κ3) is 1.50. The van der Waals surface area contributed by atoms with E-state index in [0.717, 1.165) is 28.9 Å². The van der Waals surface area contributed by atoms with Gasteiger partial charge in [0.25, 0.3) is 0 Å². The summed E-state index contributed by atoms with van der Waals surface area (Å²) in [5.74, 6) is -0.752. The molecule has 0 bridgehead atoms. The van der Waals surface area contributed by atoms with Crippen molar-refractivity contribution in [3.05, 3.63) is 24.3 Å². The highest BCUT2D eigenvalue weighted by molar-refractivity contribution is 7.11. The summed E-state index contributed by atoms with van der Waals surface area (Å²) in [7, 11) is 0. The predicted octanol–water partition coefficient (Wildman–Crippen LogP) is 2.74. The number of carbonyl (C=O) groups is 1. The van der Waals surface area contributed by atoms with E-state index in [9.17, 15) is 9.90 Å². The molecule has 1 aromatic carbocycles. The van der Waals surface area contributed by atoms with Gasteiger partial charge in [0.1, 0.15) is 10.5 Å². The third-order valence-electron chi connectivity index (χ3n) is 3.71. The standard InChI is InChI=1S/C13H14N2O2S/c1-13(12(16)17)7-4-8-15(13)11-9-5-2-3-6-10(9)14-18-11/h2-3,5-6H,4,7-8H2,1H3,(H,16,17). The van der Waals surface area contributed by atoms with E-state index in [4.69, 9.17) is 0 Å². The number of aromatic nitrogens is 1. The van der Waals surface area contributed by atoms with Crippen LogP contribution >= 0.6 is 11.5 Å². The van der Waals surface area contributed by atoms with Gasteiger partial charge in [0, 0.05) is 11.9 Å². The smallest absolute Gasteiger partial charge is 0.329 e. The lowest BCUT2D eigenvalue weighted by molar-refractivity contribution is -0.142. The summed E-state index contributed by atoms with van der Waals surface area (Å²) >= 11 is 1.39. The van der Waals surface area contributed by atoms with E-state index < -0.39 is 11.5 Å². The summed E-state index contributed by atoms with van der Waals surface area (Å²) < 4.78 is 4.40. The van der Waals surface area contributed by atoms with E-state index in [1.807, 2.05) is 29.2 Å². The van der Waals surface area contributed by atoms with Crippen LogP contribution in [-0.2, 0) is 4.79 Å². The monoisotopic (exact) mass is 262 g/mol. The van der Waals surface area contributed by atoms with E-state index in [1.54, 1.807) is 6.92 Å². The highest BCUT2D eigenvalue weighted by Crippen LogP contribution is 2.40. The molecule has 94 valence electrons. The molecule has 0 amide bonds. The Labute approximate surface area is 109 Å². The molecule has 5 heteroatoms. The Balaban J connectivity index is 2.12. The van der Waals surface area contributed by atoms with Crippen molar-refractivity contribution in [2.24, 2.45) is 0 Å². The number of carboxylic acid groups (broad SMARTS) is 1. The van der Waals surface area contributed by atoms with Crippen LogP contribution in [0.3, 0.4) is 0 Å². The molecule has 0 saturated carbocycles. The van der Waals surface area contributed by atoms with Crippen LogP contribution in [0.1, 0.15) is 19.8 Å². The fraction of sp³-hybridized carbons (Fsp3) is 0.385. The number of nitrogens with zero attached hydrogens (tertiary/aromatic N) is 2. The van der Waals surface area contributed by atoms with E-state index in [2.05, 4.69) is 4.37 Å². The minimum absolute atomic E-state index is 0.689. The molecule has 1 fully saturated rings. The molecular weight excluding hydrogens is 248 g/mol. The number of fused-ring (bicyclic) bond motifs is 1. The summed E-state index contributed by atoms with van der Waals surface area (Å²) in [6, 6.07) is 7.89. The maximum Gasteiger partial charge on any atom is 0.329 e. The van der Waals surface area contributed by atoms with Gasteiger partial charge in [-0.05, 0) is 43.4 Å². The van der Waals surface area contributed by atoms with Crippen LogP contribution in [0.15, 0.2) is 24.3 Å². The second-order valence-electron chi connectivity index (χ2n) is 4.84. The summed E-state index contributed by atoms with van der Waals surface area (Å²) in [5, 5.41) is 11.5. The molecule has 1 aliphatic rings. The lowest BCUT2D eigenvalue weighted by Crippen LogP contribution is -2.47. The number of rotatable bonds is 2. The predicted molar refractivity (Wildman–Crippen MR) is 72.2 cm³/mol. The molecule has 0 aliphatic carbocycles. The van der Waals surface area contributed by atoms with Gasteiger partial charge in [-0.25, -0.2) is 4.79 Å². The average molecular weight is 262 g/mol. The van der Waals surface area contributed by atoms with Gasteiger partial charge in [-0.15, -0.1) is 0 Å². The zero-order valence-corrected chi connectivity index (χ0v) is 10.9. The second-order valence-corrected chi connectivity index (χ2v) is 5.59. The molecule has 2 heterocycles. The van der Waals surface area contributed by atoms with Crippen molar-refractivity contribution >= 4 is 33.4 Å². The molecule has 3 rings (SSSR count). The number of anilines is 1. The van der Waals surface area contributed by atoms with Crippen LogP contribution in [0.5, 0.6) is 0 Å². The fourth-order valence-electron chi connectivity index (χ4n) is 2.58. The summed E-state index contributed by atoms with van der Waals surface area (Å²) in [4.78, 5) is 13.5. The van der Waals surface area contributed by atoms with Crippen molar-refractivity contribution in [2.45, 2.75) is 25.3 Å². The van der Waals surface area contributed by atoms with Crippen molar-refractivity contribution in [1.82, 2.24) is 4.37 Å². The van der Waals surface area contributed by atoms with Gasteiger partial charge < -0.3 is 10.0 Å². The topological polar surface area (TPSA) is 53.4 Å². The maximum atomic E-state index is 11.5. The molecular formula is C13H14N2O2S. The molecule has 0 spiro atoms. The summed E-state index contributed by atoms with van der Waals surface area (Å²) in [6.45, 7) is 2.59. The van der Waals surface area contributed by atoms with Crippen molar-refractivity contribution in [2.75, 3.05) is 11.4 Å². The summed E-state index contributed by atoms with van der Waals surface area (Å²) in [6.07, 6.45) is 1.60. The number of carboxylic acids is 1. The lowest BCUT2D eigenvalue weighted by atomic mass is 9.99. The Morgan fingerprint density at radius 1 is 1.50 bits per heavy atom. The van der Waals surface area contributed by atoms with Crippen LogP contribution < -0.4 is 4.90 Å². The van der Waals surface area contributed by atoms with Gasteiger partial charge in [0.05, 0.1) is 5.52 Å². The van der Waals surface area contributed by atoms with Gasteiger partial charge in [-0.2, -0.15) is 4.37 Å². The molecule has 4 nitrogen and oxygen atoms in total. The minimum atomic E-state index is -0.796. The van der Waals surface area contributed by atoms with E-state index >= 15 is 0 Å². The van der Waals surface area contributed by atoms with Crippen molar-refractivity contribution in [3.63, 3.8) is 0 Å². The Hall–Kier alpha value is -1.62. The van der Waals surface area contributed by atoms with Crippen molar-refractivity contribution in [1.29, 1.82) is 0 Å². The lowest BCUT2D eigenvalue weighted by Gasteiger charge is -2.31. The zero-order chi connectivity index (χ0) is 12.8. The number of hydrogen-bond acceptors (Lipinski definition) is 4. The largest absolute Gasteiger partial charge is 0.480 e. The highest BCUT2D eigenvalue weighted by Gasteiger charge is 2.44. The SMILES string of the molecule is CC1(C(=O)O)CCCN1c1snc2ccccc12. The Kier molecular flexibility index (Phi) is 2.52. The normalized spacial score (nSPS) is 23.7. The van der Waals surface area contributed by atoms with Crippen LogP contribution in [0.2, 0.25) is 0 Å². The van der Waals surface area contributed by atoms with Crippen LogP contribution in [0.4, 0.5) is 5.00 Å². The minimum Gasteiger partial charge on any atom is -0.480 e. The number of benzene rings is 1. The van der Waals surface area contributed by atoms with E-state index in [0.29, 0.717) is 6.42 Å². The quantitative estimate of drug-likeness (QED) is 0.904. The molecule has 1 aromatic heterocycles. The highest BCUT2D eigenvalue weighted by atomic mass is 32.1. The van der Waals surface area contributed by atoms with Crippen LogP contribution in [0.25, 0.3) is 10.9 Å². The molecule has 2 aromatic rings. The van der Waals surface area contributed by atoms with Gasteiger partial charge in [0.15, 0.2) is 0 Å². The maximum absolute atomic E-state index is 11.5. The molecule has 18 heavy (non-hydrogen) atoms. The Bertz CT molecular complexity index is 610. The number of hydrogen-bond donors (Lipinski definition) is 1. The van der Waals surface area contributed by atoms with Crippen LogP contribution in [-0.4, -0.2) is 27.5 Å². The second kappa shape index (κ2) is 3.95. The van der Waals surface area contributed by atoms with Gasteiger partial charge >= 0.3 is 5.97 Å². The number of aliphatic carboxylic acids is 1. The molecule has 0 radical (unpaired) electrons. The van der Waals surface area contributed by atoms with Crippen molar-refractivity contribution in [3.8, 4) is 0 Å². The first kappa shape index (κ1) is 11.5.